The van der Waals surface area contributed by atoms with Gasteiger partial charge in [0.25, 0.3) is 0 Å². The first-order chi connectivity index (χ1) is 11.8. The summed E-state index contributed by atoms with van der Waals surface area (Å²) < 4.78 is 38.7. The summed E-state index contributed by atoms with van der Waals surface area (Å²) in [5.74, 6) is -0.229. The minimum absolute atomic E-state index is 0.134. The summed E-state index contributed by atoms with van der Waals surface area (Å²) in [7, 11) is 0. The Morgan fingerprint density at radius 2 is 1.96 bits per heavy atom. The third kappa shape index (κ3) is 3.53. The average molecular weight is 353 g/mol. The zero-order chi connectivity index (χ0) is 18.1. The van der Waals surface area contributed by atoms with Crippen molar-refractivity contribution in [3.63, 3.8) is 0 Å². The fourth-order valence-corrected chi connectivity index (χ4v) is 3.14. The van der Waals surface area contributed by atoms with E-state index in [-0.39, 0.29) is 19.0 Å². The number of nitrogens with zero attached hydrogens (tertiary/aromatic N) is 2. The van der Waals surface area contributed by atoms with E-state index in [9.17, 15) is 23.1 Å². The van der Waals surface area contributed by atoms with Gasteiger partial charge in [-0.3, -0.25) is 9.48 Å². The summed E-state index contributed by atoms with van der Waals surface area (Å²) in [6.45, 7) is 0.289. The molecule has 0 saturated heterocycles. The van der Waals surface area contributed by atoms with Gasteiger partial charge in [-0.1, -0.05) is 30.3 Å². The van der Waals surface area contributed by atoms with Gasteiger partial charge in [-0.25, -0.2) is 0 Å². The molecule has 1 amide bonds. The molecule has 8 heteroatoms. The maximum absolute atomic E-state index is 12.6. The van der Waals surface area contributed by atoms with E-state index in [1.54, 1.807) is 0 Å². The molecular formula is C17H18F3N3O2. The van der Waals surface area contributed by atoms with Crippen LogP contribution in [0, 0.1) is 0 Å². The highest BCUT2D eigenvalue weighted by atomic mass is 19.4. The van der Waals surface area contributed by atoms with E-state index in [1.165, 1.54) is 6.20 Å². The Morgan fingerprint density at radius 3 is 2.52 bits per heavy atom. The molecule has 1 aliphatic rings. The van der Waals surface area contributed by atoms with E-state index in [2.05, 4.69) is 10.4 Å². The number of hydrogen-bond acceptors (Lipinski definition) is 3. The Morgan fingerprint density at radius 1 is 1.28 bits per heavy atom. The topological polar surface area (TPSA) is 67.2 Å². The highest BCUT2D eigenvalue weighted by Gasteiger charge is 2.50. The normalized spacial score (nSPS) is 23.1. The van der Waals surface area contributed by atoms with Gasteiger partial charge in [0.1, 0.15) is 0 Å². The summed E-state index contributed by atoms with van der Waals surface area (Å²) in [6.07, 6.45) is -3.10. The lowest BCUT2D eigenvalue weighted by Gasteiger charge is -2.44. The first-order valence-corrected chi connectivity index (χ1v) is 7.94. The van der Waals surface area contributed by atoms with E-state index in [0.717, 1.165) is 16.3 Å². The maximum Gasteiger partial charge on any atom is 0.435 e. The van der Waals surface area contributed by atoms with Gasteiger partial charge in [0, 0.05) is 12.7 Å². The lowest BCUT2D eigenvalue weighted by Crippen LogP contribution is -2.55. The number of amides is 1. The Hall–Kier alpha value is -2.35. The van der Waals surface area contributed by atoms with Crippen LogP contribution in [0.15, 0.2) is 42.6 Å². The molecular weight excluding hydrogens is 335 g/mol. The number of aliphatic hydroxyl groups excluding tert-OH is 1. The first-order valence-electron chi connectivity index (χ1n) is 7.94. The molecule has 0 spiro atoms. The molecule has 0 aliphatic heterocycles. The molecule has 1 aromatic heterocycles. The van der Waals surface area contributed by atoms with Crippen LogP contribution in [-0.4, -0.2) is 33.4 Å². The largest absolute Gasteiger partial charge is 0.435 e. The Bertz CT molecular complexity index is 737. The molecule has 1 heterocycles. The Balaban J connectivity index is 1.61. The Kier molecular flexibility index (Phi) is 4.55. The minimum atomic E-state index is -4.48. The molecule has 0 radical (unpaired) electrons. The number of halogens is 3. The second-order valence-electron chi connectivity index (χ2n) is 6.23. The van der Waals surface area contributed by atoms with Crippen LogP contribution in [0.4, 0.5) is 13.2 Å². The summed E-state index contributed by atoms with van der Waals surface area (Å²) in [5, 5.41) is 15.9. The van der Waals surface area contributed by atoms with E-state index in [0.29, 0.717) is 12.8 Å². The van der Waals surface area contributed by atoms with Crippen molar-refractivity contribution in [3.8, 4) is 0 Å². The van der Waals surface area contributed by atoms with Crippen molar-refractivity contribution in [3.05, 3.63) is 53.9 Å². The van der Waals surface area contributed by atoms with E-state index in [4.69, 9.17) is 0 Å². The molecule has 1 aromatic carbocycles. The molecule has 134 valence electrons. The predicted octanol–water partition coefficient (Wildman–Crippen LogP) is 2.11. The van der Waals surface area contributed by atoms with Gasteiger partial charge >= 0.3 is 6.18 Å². The Labute approximate surface area is 142 Å². The molecule has 0 bridgehead atoms. The molecule has 1 saturated carbocycles. The van der Waals surface area contributed by atoms with Gasteiger partial charge in [-0.15, -0.1) is 0 Å². The van der Waals surface area contributed by atoms with Crippen molar-refractivity contribution in [1.82, 2.24) is 15.1 Å². The highest BCUT2D eigenvalue weighted by molar-refractivity contribution is 5.89. The number of aromatic nitrogens is 2. The van der Waals surface area contributed by atoms with Crippen molar-refractivity contribution in [1.29, 1.82) is 0 Å². The van der Waals surface area contributed by atoms with E-state index >= 15 is 0 Å². The molecule has 25 heavy (non-hydrogen) atoms. The third-order valence-corrected chi connectivity index (χ3v) is 4.49. The van der Waals surface area contributed by atoms with Crippen LogP contribution < -0.4 is 5.32 Å². The summed E-state index contributed by atoms with van der Waals surface area (Å²) in [4.78, 5) is 12.6. The number of benzene rings is 1. The van der Waals surface area contributed by atoms with Crippen LogP contribution in [0.5, 0.6) is 0 Å². The van der Waals surface area contributed by atoms with Crippen molar-refractivity contribution in [2.45, 2.75) is 37.1 Å². The second kappa shape index (κ2) is 6.51. The van der Waals surface area contributed by atoms with Gasteiger partial charge in [-0.2, -0.15) is 18.3 Å². The smallest absolute Gasteiger partial charge is 0.393 e. The highest BCUT2D eigenvalue weighted by Crippen LogP contribution is 2.44. The van der Waals surface area contributed by atoms with Gasteiger partial charge in [-0.05, 0) is 24.5 Å². The van der Waals surface area contributed by atoms with Crippen molar-refractivity contribution < 1.29 is 23.1 Å². The van der Waals surface area contributed by atoms with Crippen molar-refractivity contribution >= 4 is 5.91 Å². The number of carbonyl (C=O) groups excluding carboxylic acids is 1. The van der Waals surface area contributed by atoms with Gasteiger partial charge in [0.05, 0.1) is 18.1 Å². The van der Waals surface area contributed by atoms with Gasteiger partial charge < -0.3 is 10.4 Å². The van der Waals surface area contributed by atoms with Crippen molar-refractivity contribution in [2.24, 2.45) is 0 Å². The fourth-order valence-electron chi connectivity index (χ4n) is 3.14. The molecule has 5 nitrogen and oxygen atoms in total. The minimum Gasteiger partial charge on any atom is -0.393 e. The molecule has 0 atom stereocenters. The number of aliphatic hydroxyl groups is 1. The first kappa shape index (κ1) is 17.5. The standard InChI is InChI=1S/C17H18F3N3O2/c18-17(19,20)14-6-8-23(22-14)9-7-21-15(25)16(10-13(24)11-16)12-4-2-1-3-5-12/h1-6,8,13,24H,7,9-11H2,(H,21,25). The SMILES string of the molecule is O=C(NCCn1ccc(C(F)(F)F)n1)C1(c2ccccc2)CC(O)C1. The van der Waals surface area contributed by atoms with E-state index < -0.39 is 23.4 Å². The maximum atomic E-state index is 12.6. The number of hydrogen-bond donors (Lipinski definition) is 2. The number of rotatable bonds is 5. The molecule has 2 N–H and O–H groups in total. The summed E-state index contributed by atoms with van der Waals surface area (Å²) in [5.41, 5.74) is -0.903. The van der Waals surface area contributed by atoms with Gasteiger partial charge in [0.2, 0.25) is 5.91 Å². The number of carbonyl (C=O) groups is 1. The lowest BCUT2D eigenvalue weighted by molar-refractivity contribution is -0.141. The quantitative estimate of drug-likeness (QED) is 0.865. The van der Waals surface area contributed by atoms with E-state index in [1.807, 2.05) is 30.3 Å². The molecule has 1 fully saturated rings. The predicted molar refractivity (Wildman–Crippen MR) is 83.6 cm³/mol. The number of alkyl halides is 3. The molecule has 0 unspecified atom stereocenters. The van der Waals surface area contributed by atoms with Crippen LogP contribution >= 0.6 is 0 Å². The fraction of sp³-hybridized carbons (Fsp3) is 0.412. The molecule has 1 aliphatic carbocycles. The lowest BCUT2D eigenvalue weighted by atomic mass is 9.62. The zero-order valence-corrected chi connectivity index (χ0v) is 13.3. The monoisotopic (exact) mass is 353 g/mol. The second-order valence-corrected chi connectivity index (χ2v) is 6.23. The average Bonchev–Trinajstić information content (AvgIpc) is 3.01. The van der Waals surface area contributed by atoms with Crippen LogP contribution in [0.2, 0.25) is 0 Å². The van der Waals surface area contributed by atoms with Crippen LogP contribution in [0.25, 0.3) is 0 Å². The van der Waals surface area contributed by atoms with Crippen LogP contribution in [0.3, 0.4) is 0 Å². The van der Waals surface area contributed by atoms with Gasteiger partial charge in [0.15, 0.2) is 5.69 Å². The third-order valence-electron chi connectivity index (χ3n) is 4.49. The summed E-state index contributed by atoms with van der Waals surface area (Å²) in [6, 6.07) is 10.1. The van der Waals surface area contributed by atoms with Crippen molar-refractivity contribution in [2.75, 3.05) is 6.54 Å². The van der Waals surface area contributed by atoms with Crippen LogP contribution in [-0.2, 0) is 22.9 Å². The zero-order valence-electron chi connectivity index (χ0n) is 13.3. The molecule has 3 rings (SSSR count). The summed E-state index contributed by atoms with van der Waals surface area (Å²) >= 11 is 0. The van der Waals surface area contributed by atoms with Crippen LogP contribution in [0.1, 0.15) is 24.1 Å². The number of nitrogens with one attached hydrogen (secondary N) is 1. The molecule has 2 aromatic rings.